The molecule has 0 aromatic heterocycles. The molecule has 0 amide bonds. The number of likely N-dealkylation sites (N-methyl/N-ethyl adjacent to an activating group) is 3. The van der Waals surface area contributed by atoms with Gasteiger partial charge >= 0.3 is 0 Å². The molecule has 0 heterocycles. The molecule has 0 spiro atoms. The van der Waals surface area contributed by atoms with Gasteiger partial charge in [0.1, 0.15) is 0 Å². The fourth-order valence-electron chi connectivity index (χ4n) is 1.96. The van der Waals surface area contributed by atoms with Gasteiger partial charge in [0.25, 0.3) is 0 Å². The second-order valence-electron chi connectivity index (χ2n) is 3.48. The Bertz CT molecular complexity index is 108. The van der Waals surface area contributed by atoms with E-state index in [1.807, 2.05) is 7.05 Å². The van der Waals surface area contributed by atoms with Crippen LogP contribution >= 0.6 is 0 Å². The molecular weight excluding hydrogens is 174 g/mol. The molecule has 0 aliphatic rings. The van der Waals surface area contributed by atoms with Crippen molar-refractivity contribution in [2.45, 2.75) is 33.9 Å². The third-order valence-electron chi connectivity index (χ3n) is 2.85. The van der Waals surface area contributed by atoms with Gasteiger partial charge in [0.05, 0.1) is 6.17 Å². The van der Waals surface area contributed by atoms with E-state index in [0.29, 0.717) is 6.17 Å². The fourth-order valence-corrected chi connectivity index (χ4v) is 1.96. The Kier molecular flexibility index (Phi) is 8.14. The summed E-state index contributed by atoms with van der Waals surface area (Å²) in [5, 5.41) is 3.28. The zero-order chi connectivity index (χ0) is 11.0. The first kappa shape index (κ1) is 13.9. The average molecular weight is 201 g/mol. The van der Waals surface area contributed by atoms with Crippen LogP contribution in [0.5, 0.6) is 0 Å². The molecule has 3 nitrogen and oxygen atoms in total. The number of hydrogen-bond acceptors (Lipinski definition) is 3. The molecule has 0 aromatic rings. The molecule has 0 bridgehead atoms. The minimum Gasteiger partial charge on any atom is -0.317 e. The molecule has 0 fully saturated rings. The van der Waals surface area contributed by atoms with E-state index in [9.17, 15) is 0 Å². The van der Waals surface area contributed by atoms with Gasteiger partial charge < -0.3 is 5.32 Å². The quantitative estimate of drug-likeness (QED) is 0.596. The van der Waals surface area contributed by atoms with E-state index in [-0.39, 0.29) is 0 Å². The molecule has 14 heavy (non-hydrogen) atoms. The third-order valence-corrected chi connectivity index (χ3v) is 2.85. The predicted octanol–water partition coefficient (Wildman–Crippen LogP) is 1.22. The van der Waals surface area contributed by atoms with Gasteiger partial charge in [-0.05, 0) is 33.2 Å². The summed E-state index contributed by atoms with van der Waals surface area (Å²) >= 11 is 0. The molecule has 0 saturated heterocycles. The Labute approximate surface area is 89.5 Å². The lowest BCUT2D eigenvalue weighted by Gasteiger charge is -2.37. The monoisotopic (exact) mass is 201 g/mol. The van der Waals surface area contributed by atoms with Crippen molar-refractivity contribution in [1.82, 2.24) is 15.1 Å². The van der Waals surface area contributed by atoms with Crippen molar-refractivity contribution in [3.8, 4) is 0 Å². The molecule has 0 unspecified atom stereocenters. The molecule has 0 rings (SSSR count). The SMILES string of the molecule is CCN(CC)C(CNC)N(CC)CC. The number of hydrogen-bond donors (Lipinski definition) is 1. The normalized spacial score (nSPS) is 12.0. The van der Waals surface area contributed by atoms with Gasteiger partial charge in [0, 0.05) is 6.54 Å². The maximum absolute atomic E-state index is 3.28. The molecule has 0 saturated carbocycles. The molecule has 3 heteroatoms. The topological polar surface area (TPSA) is 18.5 Å². The van der Waals surface area contributed by atoms with Crippen LogP contribution < -0.4 is 5.32 Å². The van der Waals surface area contributed by atoms with E-state index in [2.05, 4.69) is 42.8 Å². The summed E-state index contributed by atoms with van der Waals surface area (Å²) in [6, 6.07) is 0. The predicted molar refractivity (Wildman–Crippen MR) is 63.6 cm³/mol. The lowest BCUT2D eigenvalue weighted by Crippen LogP contribution is -2.52. The molecule has 0 atom stereocenters. The largest absolute Gasteiger partial charge is 0.317 e. The van der Waals surface area contributed by atoms with Crippen molar-refractivity contribution in [2.75, 3.05) is 39.8 Å². The third kappa shape index (κ3) is 3.95. The number of nitrogens with zero attached hydrogens (tertiary/aromatic N) is 2. The van der Waals surface area contributed by atoms with Gasteiger partial charge in [-0.3, -0.25) is 9.80 Å². The zero-order valence-corrected chi connectivity index (χ0v) is 10.5. The number of rotatable bonds is 8. The van der Waals surface area contributed by atoms with Crippen molar-refractivity contribution in [3.63, 3.8) is 0 Å². The van der Waals surface area contributed by atoms with E-state index in [1.54, 1.807) is 0 Å². The van der Waals surface area contributed by atoms with Crippen LogP contribution in [0, 0.1) is 0 Å². The maximum atomic E-state index is 3.28. The number of nitrogens with one attached hydrogen (secondary N) is 1. The highest BCUT2D eigenvalue weighted by Gasteiger charge is 2.19. The lowest BCUT2D eigenvalue weighted by atomic mass is 10.3. The summed E-state index contributed by atoms with van der Waals surface area (Å²) in [7, 11) is 2.03. The van der Waals surface area contributed by atoms with Gasteiger partial charge in [0.2, 0.25) is 0 Å². The van der Waals surface area contributed by atoms with Crippen molar-refractivity contribution in [2.24, 2.45) is 0 Å². The van der Waals surface area contributed by atoms with Gasteiger partial charge in [-0.1, -0.05) is 27.7 Å². The average Bonchev–Trinajstić information content (AvgIpc) is 2.21. The van der Waals surface area contributed by atoms with Gasteiger partial charge in [-0.15, -0.1) is 0 Å². The summed E-state index contributed by atoms with van der Waals surface area (Å²) < 4.78 is 0. The highest BCUT2D eigenvalue weighted by molar-refractivity contribution is 4.72. The fraction of sp³-hybridized carbons (Fsp3) is 1.00. The van der Waals surface area contributed by atoms with Gasteiger partial charge in [0.15, 0.2) is 0 Å². The first-order valence-electron chi connectivity index (χ1n) is 5.87. The summed E-state index contributed by atoms with van der Waals surface area (Å²) in [6.07, 6.45) is 0.546. The van der Waals surface area contributed by atoms with Crippen LogP contribution in [0.3, 0.4) is 0 Å². The maximum Gasteiger partial charge on any atom is 0.0750 e. The second-order valence-corrected chi connectivity index (χ2v) is 3.48. The smallest absolute Gasteiger partial charge is 0.0750 e. The standard InChI is InChI=1S/C11H27N3/c1-6-13(7-2)11(10-12-5)14(8-3)9-4/h11-12H,6-10H2,1-5H3. The van der Waals surface area contributed by atoms with E-state index < -0.39 is 0 Å². The summed E-state index contributed by atoms with van der Waals surface area (Å²) in [4.78, 5) is 5.01. The molecule has 0 aromatic carbocycles. The van der Waals surface area contributed by atoms with Crippen molar-refractivity contribution in [3.05, 3.63) is 0 Å². The minimum atomic E-state index is 0.546. The Morgan fingerprint density at radius 3 is 1.43 bits per heavy atom. The minimum absolute atomic E-state index is 0.546. The van der Waals surface area contributed by atoms with E-state index in [4.69, 9.17) is 0 Å². The highest BCUT2D eigenvalue weighted by atomic mass is 15.4. The summed E-state index contributed by atoms with van der Waals surface area (Å²) in [5.74, 6) is 0. The van der Waals surface area contributed by atoms with Crippen LogP contribution in [0.15, 0.2) is 0 Å². The molecule has 1 N–H and O–H groups in total. The molecule has 0 aliphatic carbocycles. The lowest BCUT2D eigenvalue weighted by molar-refractivity contribution is 0.0581. The van der Waals surface area contributed by atoms with Crippen LogP contribution in [0.1, 0.15) is 27.7 Å². The highest BCUT2D eigenvalue weighted by Crippen LogP contribution is 2.04. The molecule has 86 valence electrons. The van der Waals surface area contributed by atoms with Crippen molar-refractivity contribution >= 4 is 0 Å². The Balaban J connectivity index is 4.36. The molecule has 0 aliphatic heterocycles. The van der Waals surface area contributed by atoms with Crippen LogP contribution in [0.4, 0.5) is 0 Å². The van der Waals surface area contributed by atoms with Crippen LogP contribution in [-0.4, -0.2) is 55.7 Å². The van der Waals surface area contributed by atoms with Crippen LogP contribution in [0.2, 0.25) is 0 Å². The van der Waals surface area contributed by atoms with Gasteiger partial charge in [-0.2, -0.15) is 0 Å². The van der Waals surface area contributed by atoms with Crippen LogP contribution in [0.25, 0.3) is 0 Å². The van der Waals surface area contributed by atoms with Crippen LogP contribution in [-0.2, 0) is 0 Å². The molecule has 0 radical (unpaired) electrons. The van der Waals surface area contributed by atoms with E-state index >= 15 is 0 Å². The first-order valence-corrected chi connectivity index (χ1v) is 5.87. The second kappa shape index (κ2) is 8.21. The summed E-state index contributed by atoms with van der Waals surface area (Å²) in [5.41, 5.74) is 0. The Hall–Kier alpha value is -0.120. The van der Waals surface area contributed by atoms with E-state index in [1.165, 1.54) is 0 Å². The first-order chi connectivity index (χ1) is 6.74. The Morgan fingerprint density at radius 1 is 0.857 bits per heavy atom. The summed E-state index contributed by atoms with van der Waals surface area (Å²) in [6.45, 7) is 14.5. The van der Waals surface area contributed by atoms with Gasteiger partial charge in [-0.25, -0.2) is 0 Å². The van der Waals surface area contributed by atoms with E-state index in [0.717, 1.165) is 32.7 Å². The zero-order valence-electron chi connectivity index (χ0n) is 10.5. The molecular formula is C11H27N3. The van der Waals surface area contributed by atoms with Crippen molar-refractivity contribution in [1.29, 1.82) is 0 Å². The van der Waals surface area contributed by atoms with Crippen molar-refractivity contribution < 1.29 is 0 Å². The Morgan fingerprint density at radius 2 is 1.21 bits per heavy atom.